The van der Waals surface area contributed by atoms with Crippen LogP contribution in [0.1, 0.15) is 23.0 Å². The molecule has 2 heterocycles. The minimum absolute atomic E-state index is 0.109. The topological polar surface area (TPSA) is 46.9 Å². The van der Waals surface area contributed by atoms with Gasteiger partial charge in [-0.25, -0.2) is 9.37 Å². The van der Waals surface area contributed by atoms with Crippen molar-refractivity contribution in [3.05, 3.63) is 83.7 Å². The number of imidazole rings is 1. The molecule has 0 spiro atoms. The molecule has 0 saturated carbocycles. The van der Waals surface area contributed by atoms with E-state index in [1.165, 1.54) is 11.6 Å². The lowest BCUT2D eigenvalue weighted by Crippen LogP contribution is -2.37. The first-order valence-electron chi connectivity index (χ1n) is 8.40. The van der Waals surface area contributed by atoms with E-state index in [0.717, 1.165) is 4.90 Å². The summed E-state index contributed by atoms with van der Waals surface area (Å²) in [5, 5.41) is 2.79. The Kier molecular flexibility index (Phi) is 4.51. The summed E-state index contributed by atoms with van der Waals surface area (Å²) in [7, 11) is 1.84. The van der Waals surface area contributed by atoms with Gasteiger partial charge in [0.05, 0.1) is 5.25 Å². The molecule has 4 rings (SSSR count). The average molecular weight is 367 g/mol. The molecule has 0 radical (unpaired) electrons. The smallest absolute Gasteiger partial charge is 0.234 e. The summed E-state index contributed by atoms with van der Waals surface area (Å²) in [5.41, 5.74) is 1.59. The summed E-state index contributed by atoms with van der Waals surface area (Å²) in [4.78, 5) is 18.4. The Labute approximate surface area is 155 Å². The van der Waals surface area contributed by atoms with Crippen molar-refractivity contribution in [2.75, 3.05) is 0 Å². The fourth-order valence-electron chi connectivity index (χ4n) is 3.21. The summed E-state index contributed by atoms with van der Waals surface area (Å²) in [5.74, 6) is 0.134. The van der Waals surface area contributed by atoms with Gasteiger partial charge in [-0.05, 0) is 24.1 Å². The van der Waals surface area contributed by atoms with E-state index < -0.39 is 6.04 Å². The van der Waals surface area contributed by atoms with Crippen LogP contribution >= 0.6 is 11.8 Å². The first-order valence-corrected chi connectivity index (χ1v) is 9.28. The SMILES string of the molecule is Cn1ccnc1[C@@H](NC(=O)[C@@H]1Cc2ccccc2S1)c1ccccc1F. The number of thioether (sulfide) groups is 1. The Balaban J connectivity index is 1.61. The molecule has 1 aliphatic heterocycles. The van der Waals surface area contributed by atoms with Crippen molar-refractivity contribution in [3.8, 4) is 0 Å². The molecule has 0 aliphatic carbocycles. The van der Waals surface area contributed by atoms with E-state index in [2.05, 4.69) is 10.3 Å². The number of fused-ring (bicyclic) bond motifs is 1. The van der Waals surface area contributed by atoms with Crippen molar-refractivity contribution in [1.82, 2.24) is 14.9 Å². The van der Waals surface area contributed by atoms with Gasteiger partial charge in [0.2, 0.25) is 5.91 Å². The average Bonchev–Trinajstić information content (AvgIpc) is 3.26. The van der Waals surface area contributed by atoms with Gasteiger partial charge in [-0.1, -0.05) is 36.4 Å². The Morgan fingerprint density at radius 1 is 1.27 bits per heavy atom. The van der Waals surface area contributed by atoms with Gasteiger partial charge in [-0.3, -0.25) is 4.79 Å². The van der Waals surface area contributed by atoms with Crippen LogP contribution in [-0.4, -0.2) is 20.7 Å². The Morgan fingerprint density at radius 3 is 2.77 bits per heavy atom. The van der Waals surface area contributed by atoms with Gasteiger partial charge in [-0.2, -0.15) is 0 Å². The summed E-state index contributed by atoms with van der Waals surface area (Å²) in [6.45, 7) is 0. The van der Waals surface area contributed by atoms with E-state index in [9.17, 15) is 9.18 Å². The fourth-order valence-corrected chi connectivity index (χ4v) is 4.41. The van der Waals surface area contributed by atoms with Crippen LogP contribution in [0.3, 0.4) is 0 Å². The third-order valence-corrected chi connectivity index (χ3v) is 5.88. The maximum Gasteiger partial charge on any atom is 0.234 e. The summed E-state index contributed by atoms with van der Waals surface area (Å²) in [6, 6.07) is 13.9. The maximum atomic E-state index is 14.4. The highest BCUT2D eigenvalue weighted by atomic mass is 32.2. The normalized spacial score (nSPS) is 16.9. The zero-order valence-electron chi connectivity index (χ0n) is 14.2. The van der Waals surface area contributed by atoms with Gasteiger partial charge < -0.3 is 9.88 Å². The number of rotatable bonds is 4. The minimum Gasteiger partial charge on any atom is -0.341 e. The molecular formula is C20H18FN3OS. The van der Waals surface area contributed by atoms with Gasteiger partial charge in [-0.15, -0.1) is 11.8 Å². The van der Waals surface area contributed by atoms with Crippen molar-refractivity contribution in [2.45, 2.75) is 22.6 Å². The highest BCUT2D eigenvalue weighted by Gasteiger charge is 2.31. The molecule has 3 aromatic rings. The maximum absolute atomic E-state index is 14.4. The molecule has 26 heavy (non-hydrogen) atoms. The number of hydrogen-bond acceptors (Lipinski definition) is 3. The van der Waals surface area contributed by atoms with Crippen molar-refractivity contribution in [2.24, 2.45) is 7.05 Å². The van der Waals surface area contributed by atoms with E-state index in [-0.39, 0.29) is 17.0 Å². The van der Waals surface area contributed by atoms with Crippen LogP contribution in [0.5, 0.6) is 0 Å². The third-order valence-electron chi connectivity index (χ3n) is 4.56. The number of hydrogen-bond donors (Lipinski definition) is 1. The molecule has 2 atom stereocenters. The predicted molar refractivity (Wildman–Crippen MR) is 99.4 cm³/mol. The molecule has 0 saturated heterocycles. The molecule has 0 unspecified atom stereocenters. The van der Waals surface area contributed by atoms with Gasteiger partial charge in [0, 0.05) is 29.9 Å². The molecular weight excluding hydrogens is 349 g/mol. The number of aryl methyl sites for hydroxylation is 1. The Morgan fingerprint density at radius 2 is 2.04 bits per heavy atom. The van der Waals surface area contributed by atoms with Gasteiger partial charge in [0.15, 0.2) is 0 Å². The number of carbonyl (C=O) groups excluding carboxylic acids is 1. The van der Waals surface area contributed by atoms with Crippen molar-refractivity contribution >= 4 is 17.7 Å². The number of carbonyl (C=O) groups is 1. The molecule has 4 nitrogen and oxygen atoms in total. The molecule has 1 amide bonds. The zero-order valence-corrected chi connectivity index (χ0v) is 15.0. The van der Waals surface area contributed by atoms with Crippen LogP contribution in [0.4, 0.5) is 4.39 Å². The van der Waals surface area contributed by atoms with Crippen LogP contribution in [0, 0.1) is 5.82 Å². The van der Waals surface area contributed by atoms with Crippen LogP contribution in [0.2, 0.25) is 0 Å². The van der Waals surface area contributed by atoms with Crippen LogP contribution in [-0.2, 0) is 18.3 Å². The second-order valence-electron chi connectivity index (χ2n) is 6.28. The number of nitrogens with zero attached hydrogens (tertiary/aromatic N) is 2. The van der Waals surface area contributed by atoms with Crippen molar-refractivity contribution in [3.63, 3.8) is 0 Å². The minimum atomic E-state index is -0.631. The molecule has 132 valence electrons. The number of benzene rings is 2. The predicted octanol–water partition coefficient (Wildman–Crippen LogP) is 3.48. The first-order chi connectivity index (χ1) is 12.6. The van der Waals surface area contributed by atoms with E-state index in [0.29, 0.717) is 17.8 Å². The quantitative estimate of drug-likeness (QED) is 0.768. The molecule has 2 aromatic carbocycles. The van der Waals surface area contributed by atoms with Gasteiger partial charge in [0.25, 0.3) is 0 Å². The molecule has 0 fully saturated rings. The largest absolute Gasteiger partial charge is 0.341 e. The number of halogens is 1. The number of amides is 1. The lowest BCUT2D eigenvalue weighted by Gasteiger charge is -2.21. The standard InChI is InChI=1S/C20H18FN3OS/c1-24-11-10-22-19(24)18(14-7-3-4-8-15(14)21)23-20(25)17-12-13-6-2-5-9-16(13)26-17/h2-11,17-18H,12H2,1H3,(H,23,25)/t17-,18-/m0/s1. The van der Waals surface area contributed by atoms with Crippen LogP contribution in [0.25, 0.3) is 0 Å². The lowest BCUT2D eigenvalue weighted by atomic mass is 10.0. The Hall–Kier alpha value is -2.60. The Bertz CT molecular complexity index is 930. The number of nitrogens with one attached hydrogen (secondary N) is 1. The van der Waals surface area contributed by atoms with E-state index in [1.807, 2.05) is 31.3 Å². The van der Waals surface area contributed by atoms with Gasteiger partial charge >= 0.3 is 0 Å². The summed E-state index contributed by atoms with van der Waals surface area (Å²) in [6.07, 6.45) is 4.11. The van der Waals surface area contributed by atoms with Crippen molar-refractivity contribution < 1.29 is 9.18 Å². The number of aromatic nitrogens is 2. The van der Waals surface area contributed by atoms with E-state index in [4.69, 9.17) is 0 Å². The third kappa shape index (κ3) is 3.12. The van der Waals surface area contributed by atoms with Gasteiger partial charge in [0.1, 0.15) is 17.7 Å². The van der Waals surface area contributed by atoms with E-state index >= 15 is 0 Å². The molecule has 6 heteroatoms. The monoisotopic (exact) mass is 367 g/mol. The lowest BCUT2D eigenvalue weighted by molar-refractivity contribution is -0.121. The second kappa shape index (κ2) is 6.96. The summed E-state index contributed by atoms with van der Waals surface area (Å²) < 4.78 is 16.2. The summed E-state index contributed by atoms with van der Waals surface area (Å²) >= 11 is 1.55. The van der Waals surface area contributed by atoms with Crippen LogP contribution in [0.15, 0.2) is 65.8 Å². The molecule has 0 bridgehead atoms. The highest BCUT2D eigenvalue weighted by Crippen LogP contribution is 2.37. The van der Waals surface area contributed by atoms with E-state index in [1.54, 1.807) is 46.9 Å². The van der Waals surface area contributed by atoms with Crippen LogP contribution < -0.4 is 5.32 Å². The first kappa shape index (κ1) is 16.8. The van der Waals surface area contributed by atoms with Crippen molar-refractivity contribution in [1.29, 1.82) is 0 Å². The molecule has 1 N–H and O–H groups in total. The second-order valence-corrected chi connectivity index (χ2v) is 7.52. The highest BCUT2D eigenvalue weighted by molar-refractivity contribution is 8.01. The fraction of sp³-hybridized carbons (Fsp3) is 0.200. The molecule has 1 aliphatic rings. The zero-order chi connectivity index (χ0) is 18.1. The molecule has 1 aromatic heterocycles.